The molecule has 0 radical (unpaired) electrons. The predicted molar refractivity (Wildman–Crippen MR) is 291 cm³/mol. The lowest BCUT2D eigenvalue weighted by Crippen LogP contribution is -2.60. The molecule has 1 aliphatic heterocycles. The van der Waals surface area contributed by atoms with Gasteiger partial charge in [-0.3, -0.25) is 52.9 Å². The predicted octanol–water partition coefficient (Wildman–Crippen LogP) is 0.0832. The number of hydrogen-bond acceptors (Lipinski definition) is 12. The van der Waals surface area contributed by atoms with Crippen molar-refractivity contribution in [3.05, 3.63) is 35.9 Å². The monoisotopic (exact) mass is 1080 g/mol. The third-order valence-corrected chi connectivity index (χ3v) is 13.2. The van der Waals surface area contributed by atoms with Gasteiger partial charge in [-0.15, -0.1) is 0 Å². The summed E-state index contributed by atoms with van der Waals surface area (Å²) in [7, 11) is 0. The zero-order chi connectivity index (χ0) is 57.9. The molecule has 24 nitrogen and oxygen atoms in total. The summed E-state index contributed by atoms with van der Waals surface area (Å²) < 4.78 is 0. The molecule has 77 heavy (non-hydrogen) atoms. The maximum Gasteiger partial charge on any atom is 0.305 e. The normalized spacial score (nSPS) is 17.3. The molecule has 432 valence electrons. The van der Waals surface area contributed by atoms with E-state index >= 15 is 0 Å². The van der Waals surface area contributed by atoms with E-state index in [-0.39, 0.29) is 87.7 Å². The molecule has 0 spiro atoms. The average molecular weight is 1080 g/mol. The van der Waals surface area contributed by atoms with Crippen molar-refractivity contribution in [2.45, 2.75) is 200 Å². The Kier molecular flexibility index (Phi) is 29.3. The molecule has 1 saturated heterocycles. The first-order valence-corrected chi connectivity index (χ1v) is 27.1. The molecule has 10 atom stereocenters. The van der Waals surface area contributed by atoms with Crippen molar-refractivity contribution >= 4 is 65.1 Å². The van der Waals surface area contributed by atoms with Gasteiger partial charge in [0.05, 0.1) is 6.42 Å². The van der Waals surface area contributed by atoms with E-state index in [1.54, 1.807) is 44.2 Å². The van der Waals surface area contributed by atoms with Gasteiger partial charge in [-0.05, 0) is 68.8 Å². The van der Waals surface area contributed by atoms with Gasteiger partial charge < -0.3 is 70.2 Å². The second-order valence-corrected chi connectivity index (χ2v) is 21.0. The van der Waals surface area contributed by atoms with Crippen molar-refractivity contribution in [3.63, 3.8) is 0 Å². The number of carboxylic acids is 1. The Morgan fingerprint density at radius 2 is 1.22 bits per heavy atom. The zero-order valence-corrected chi connectivity index (χ0v) is 46.4. The number of likely N-dealkylation sites (tertiary alicyclic amines) is 1. The summed E-state index contributed by atoms with van der Waals surface area (Å²) >= 11 is 0. The lowest BCUT2D eigenvalue weighted by molar-refractivity contribution is -0.144. The van der Waals surface area contributed by atoms with Crippen LogP contribution in [0.2, 0.25) is 0 Å². The second kappa shape index (κ2) is 34.0. The van der Waals surface area contributed by atoms with Gasteiger partial charge in [0.1, 0.15) is 48.3 Å². The van der Waals surface area contributed by atoms with Crippen molar-refractivity contribution < 1.29 is 53.1 Å². The maximum atomic E-state index is 14.6. The van der Waals surface area contributed by atoms with Gasteiger partial charge >= 0.3 is 5.97 Å². The summed E-state index contributed by atoms with van der Waals surface area (Å²) in [5.41, 5.74) is 23.5. The van der Waals surface area contributed by atoms with E-state index in [1.165, 1.54) is 6.92 Å². The molecule has 16 N–H and O–H groups in total. The number of nitrogens with zero attached hydrogens (tertiary/aromatic N) is 2. The van der Waals surface area contributed by atoms with Gasteiger partial charge in [-0.2, -0.15) is 0 Å². The first-order chi connectivity index (χ1) is 36.3. The number of rotatable bonds is 35. The van der Waals surface area contributed by atoms with Crippen molar-refractivity contribution in [2.24, 2.45) is 45.7 Å². The number of nitrogens with one attached hydrogen (secondary N) is 7. The van der Waals surface area contributed by atoms with E-state index in [0.29, 0.717) is 18.4 Å². The van der Waals surface area contributed by atoms with Crippen LogP contribution in [-0.2, 0) is 54.4 Å². The maximum absolute atomic E-state index is 14.6. The molecule has 24 heteroatoms. The van der Waals surface area contributed by atoms with Crippen molar-refractivity contribution in [1.29, 1.82) is 0 Å². The summed E-state index contributed by atoms with van der Waals surface area (Å²) in [5, 5.41) is 28.4. The Balaban J connectivity index is 2.40. The number of primary amides is 1. The van der Waals surface area contributed by atoms with Crippen LogP contribution in [0.1, 0.15) is 144 Å². The summed E-state index contributed by atoms with van der Waals surface area (Å²) in [5.74, 6) is -9.09. The van der Waals surface area contributed by atoms with Gasteiger partial charge in [0, 0.05) is 32.0 Å². The fourth-order valence-electron chi connectivity index (χ4n) is 8.81. The minimum atomic E-state index is -1.78. The minimum absolute atomic E-state index is 0.0427. The van der Waals surface area contributed by atoms with Crippen LogP contribution in [0.25, 0.3) is 0 Å². The second-order valence-electron chi connectivity index (χ2n) is 21.0. The SMILES string of the molecule is CCCCCCCC(=O)N[C@H](C)C(=O)N[C@@H](Cc1ccccc1)C(=O)N[C@H](CC(C)C)C(=O)N[C@@H](CC(C)C)C(=O)N1C[C@H](N)C[C@H]1C(=O)N[C@@H](CC(=O)O)C(=O)N[C@@H](CCCN=C(N)N)C(=O)N[C@H](C(N)=O)[C@@H](C)CC. The average Bonchev–Trinajstić information content (AvgIpc) is 3.76. The van der Waals surface area contributed by atoms with Crippen molar-refractivity contribution in [3.8, 4) is 0 Å². The molecule has 0 unspecified atom stereocenters. The summed E-state index contributed by atoms with van der Waals surface area (Å²) in [6, 6.07) is -2.07. The van der Waals surface area contributed by atoms with Crippen LogP contribution in [0.5, 0.6) is 0 Å². The molecule has 2 rings (SSSR count). The molecule has 9 amide bonds. The number of guanidine groups is 1. The lowest BCUT2D eigenvalue weighted by Gasteiger charge is -2.32. The van der Waals surface area contributed by atoms with Crippen LogP contribution in [-0.4, -0.2) is 143 Å². The molecule has 0 bridgehead atoms. The summed E-state index contributed by atoms with van der Waals surface area (Å²) in [4.78, 5) is 141. The van der Waals surface area contributed by atoms with Crippen LogP contribution in [0, 0.1) is 17.8 Å². The van der Waals surface area contributed by atoms with E-state index in [4.69, 9.17) is 22.9 Å². The molecule has 1 aromatic rings. The van der Waals surface area contributed by atoms with Gasteiger partial charge in [0.25, 0.3) is 0 Å². The topological polar surface area (TPSA) is 395 Å². The molecule has 1 heterocycles. The van der Waals surface area contributed by atoms with Gasteiger partial charge in [0.2, 0.25) is 53.2 Å². The molecular formula is C53H89N13O11. The number of aliphatic carboxylic acids is 1. The number of amides is 9. The van der Waals surface area contributed by atoms with Gasteiger partial charge in [-0.25, -0.2) is 0 Å². The fourth-order valence-corrected chi connectivity index (χ4v) is 8.81. The van der Waals surface area contributed by atoms with Crippen LogP contribution in [0.4, 0.5) is 0 Å². The zero-order valence-electron chi connectivity index (χ0n) is 46.4. The molecule has 1 aliphatic rings. The summed E-state index contributed by atoms with van der Waals surface area (Å²) in [6.07, 6.45) is 4.69. The molecule has 0 aromatic heterocycles. The Morgan fingerprint density at radius 3 is 1.81 bits per heavy atom. The molecule has 0 aliphatic carbocycles. The summed E-state index contributed by atoms with van der Waals surface area (Å²) in [6.45, 7) is 14.3. The third-order valence-electron chi connectivity index (χ3n) is 13.2. The van der Waals surface area contributed by atoms with Crippen LogP contribution >= 0.6 is 0 Å². The van der Waals surface area contributed by atoms with Crippen molar-refractivity contribution in [1.82, 2.24) is 42.1 Å². The molecule has 1 aromatic carbocycles. The van der Waals surface area contributed by atoms with E-state index in [1.807, 2.05) is 27.7 Å². The third kappa shape index (κ3) is 24.4. The van der Waals surface area contributed by atoms with Gasteiger partial charge in [0.15, 0.2) is 5.96 Å². The number of aliphatic imine (C=N–C) groups is 1. The Labute approximate surface area is 453 Å². The number of carboxylic acid groups (broad SMARTS) is 1. The number of unbranched alkanes of at least 4 members (excludes halogenated alkanes) is 4. The first kappa shape index (κ1) is 66.3. The van der Waals surface area contributed by atoms with E-state index in [9.17, 15) is 53.1 Å². The highest BCUT2D eigenvalue weighted by Crippen LogP contribution is 2.22. The van der Waals surface area contributed by atoms with Gasteiger partial charge in [-0.1, -0.05) is 111 Å². The van der Waals surface area contributed by atoms with Crippen molar-refractivity contribution in [2.75, 3.05) is 13.1 Å². The smallest absolute Gasteiger partial charge is 0.305 e. The van der Waals surface area contributed by atoms with Crippen LogP contribution in [0.15, 0.2) is 35.3 Å². The molecule has 0 saturated carbocycles. The Morgan fingerprint density at radius 1 is 0.662 bits per heavy atom. The Hall–Kier alpha value is -6.85. The lowest BCUT2D eigenvalue weighted by atomic mass is 9.97. The first-order valence-electron chi connectivity index (χ1n) is 27.1. The molecule has 1 fully saturated rings. The van der Waals surface area contributed by atoms with E-state index in [2.05, 4.69) is 49.1 Å². The highest BCUT2D eigenvalue weighted by Gasteiger charge is 2.43. The van der Waals surface area contributed by atoms with Crippen LogP contribution < -0.4 is 60.2 Å². The van der Waals surface area contributed by atoms with E-state index < -0.39 is 114 Å². The minimum Gasteiger partial charge on any atom is -0.481 e. The number of carbonyl (C=O) groups excluding carboxylic acids is 9. The molecular weight excluding hydrogens is 995 g/mol. The number of benzene rings is 1. The number of nitrogens with two attached hydrogens (primary N) is 4. The highest BCUT2D eigenvalue weighted by atomic mass is 16.4. The quantitative estimate of drug-likeness (QED) is 0.0244. The van der Waals surface area contributed by atoms with E-state index in [0.717, 1.165) is 30.6 Å². The highest BCUT2D eigenvalue weighted by molar-refractivity contribution is 5.99. The Bertz CT molecular complexity index is 2160. The largest absolute Gasteiger partial charge is 0.481 e. The fraction of sp³-hybridized carbons (Fsp3) is 0.679. The standard InChI is InChI=1S/C53H89N13O11/c1-9-11-12-13-17-22-42(67)59-33(8)46(71)61-38(26-34-19-15-14-16-20-34)49(74)62-37(24-30(3)4)48(73)64-40(25-31(5)6)52(77)66-29-35(54)27-41(66)51(76)63-39(28-43(68)69)50(75)60-36(21-18-23-58-53(56)57)47(72)65-44(45(55)70)32(7)10-2/h14-16,19-20,30-33,35-41,44H,9-13,17-18,21-29,54H2,1-8H3,(H2,55,70)(H,59,67)(H,60,75)(H,61,71)(H,62,74)(H,63,76)(H,64,73)(H,65,72)(H,68,69)(H4,56,57,58)/t32-,33+,35+,36-,37+,38-,39-,40-,41-,44-/m0/s1. The number of carbonyl (C=O) groups is 10. The van der Waals surface area contributed by atoms with Crippen LogP contribution in [0.3, 0.4) is 0 Å². The number of hydrogen-bond donors (Lipinski definition) is 12.